The van der Waals surface area contributed by atoms with E-state index in [-0.39, 0.29) is 11.9 Å². The van der Waals surface area contributed by atoms with E-state index in [2.05, 4.69) is 10.3 Å². The Bertz CT molecular complexity index is 350. The number of nitrogens with one attached hydrogen (secondary N) is 1. The third-order valence-electron chi connectivity index (χ3n) is 2.33. The molecule has 1 atom stereocenters. The molecule has 0 aromatic carbocycles. The molecule has 1 heterocycles. The fourth-order valence-electron chi connectivity index (χ4n) is 1.07. The van der Waals surface area contributed by atoms with Gasteiger partial charge >= 0.3 is 5.82 Å². The zero-order valence-corrected chi connectivity index (χ0v) is 9.38. The molecule has 0 saturated carbocycles. The first-order valence-corrected chi connectivity index (χ1v) is 5.10. The number of nitrogens with zero attached hydrogens (tertiary/aromatic N) is 2. The van der Waals surface area contributed by atoms with Crippen molar-refractivity contribution in [2.24, 2.45) is 11.7 Å². The number of pyridine rings is 1. The molecular formula is C10H16N4O2. The molecular weight excluding hydrogens is 208 g/mol. The molecule has 6 nitrogen and oxygen atoms in total. The molecule has 88 valence electrons. The van der Waals surface area contributed by atoms with Gasteiger partial charge in [-0.25, -0.2) is 0 Å². The first-order chi connectivity index (χ1) is 7.50. The second kappa shape index (κ2) is 5.41. The number of anilines is 1. The Kier molecular flexibility index (Phi) is 4.19. The lowest BCUT2D eigenvalue weighted by Crippen LogP contribution is -2.33. The predicted octanol–water partition coefficient (Wildman–Crippen LogP) is 1.38. The molecule has 1 aromatic heterocycles. The number of nitro groups is 1. The maximum Gasteiger partial charge on any atom is 0.363 e. The molecule has 0 bridgehead atoms. The Morgan fingerprint density at radius 2 is 2.25 bits per heavy atom. The van der Waals surface area contributed by atoms with Gasteiger partial charge in [-0.1, -0.05) is 13.8 Å². The monoisotopic (exact) mass is 224 g/mol. The highest BCUT2D eigenvalue weighted by molar-refractivity contribution is 5.43. The van der Waals surface area contributed by atoms with Crippen LogP contribution in [0.2, 0.25) is 0 Å². The van der Waals surface area contributed by atoms with Gasteiger partial charge in [0, 0.05) is 18.7 Å². The SMILES string of the molecule is CC(C)C(N)CNc1ccc([N+](=O)[O-])nc1. The summed E-state index contributed by atoms with van der Waals surface area (Å²) in [6, 6.07) is 3.04. The van der Waals surface area contributed by atoms with Crippen LogP contribution in [0.4, 0.5) is 11.5 Å². The second-order valence-electron chi connectivity index (χ2n) is 3.95. The Hall–Kier alpha value is -1.69. The van der Waals surface area contributed by atoms with E-state index in [0.29, 0.717) is 12.5 Å². The van der Waals surface area contributed by atoms with Gasteiger partial charge in [-0.05, 0) is 21.9 Å². The zero-order chi connectivity index (χ0) is 12.1. The molecule has 0 aliphatic heterocycles. The van der Waals surface area contributed by atoms with Crippen molar-refractivity contribution in [3.63, 3.8) is 0 Å². The summed E-state index contributed by atoms with van der Waals surface area (Å²) in [4.78, 5) is 13.5. The van der Waals surface area contributed by atoms with Gasteiger partial charge in [-0.2, -0.15) is 0 Å². The molecule has 16 heavy (non-hydrogen) atoms. The van der Waals surface area contributed by atoms with E-state index in [4.69, 9.17) is 5.73 Å². The minimum Gasteiger partial charge on any atom is -0.380 e. The zero-order valence-electron chi connectivity index (χ0n) is 9.38. The molecule has 0 spiro atoms. The van der Waals surface area contributed by atoms with E-state index >= 15 is 0 Å². The highest BCUT2D eigenvalue weighted by atomic mass is 16.6. The van der Waals surface area contributed by atoms with Gasteiger partial charge in [0.25, 0.3) is 0 Å². The highest BCUT2D eigenvalue weighted by Gasteiger charge is 2.09. The summed E-state index contributed by atoms with van der Waals surface area (Å²) in [7, 11) is 0. The maximum atomic E-state index is 10.4. The van der Waals surface area contributed by atoms with Crippen LogP contribution in [-0.4, -0.2) is 22.5 Å². The van der Waals surface area contributed by atoms with Gasteiger partial charge in [0.05, 0.1) is 5.69 Å². The first-order valence-electron chi connectivity index (χ1n) is 5.10. The minimum atomic E-state index is -0.524. The van der Waals surface area contributed by atoms with Gasteiger partial charge in [0.15, 0.2) is 6.20 Å². The van der Waals surface area contributed by atoms with Crippen molar-refractivity contribution in [1.29, 1.82) is 0 Å². The Morgan fingerprint density at radius 1 is 1.56 bits per heavy atom. The van der Waals surface area contributed by atoms with E-state index in [1.807, 2.05) is 13.8 Å². The fraction of sp³-hybridized carbons (Fsp3) is 0.500. The van der Waals surface area contributed by atoms with Gasteiger partial charge in [0.1, 0.15) is 0 Å². The van der Waals surface area contributed by atoms with Crippen molar-refractivity contribution in [3.05, 3.63) is 28.4 Å². The molecule has 1 unspecified atom stereocenters. The van der Waals surface area contributed by atoms with E-state index in [1.165, 1.54) is 12.3 Å². The molecule has 6 heteroatoms. The lowest BCUT2D eigenvalue weighted by atomic mass is 10.1. The van der Waals surface area contributed by atoms with Crippen molar-refractivity contribution < 1.29 is 4.92 Å². The van der Waals surface area contributed by atoms with Crippen LogP contribution in [0.1, 0.15) is 13.8 Å². The van der Waals surface area contributed by atoms with Crippen molar-refractivity contribution in [2.75, 3.05) is 11.9 Å². The number of hydrogen-bond acceptors (Lipinski definition) is 5. The molecule has 3 N–H and O–H groups in total. The maximum absolute atomic E-state index is 10.4. The Labute approximate surface area is 94.0 Å². The minimum absolute atomic E-state index is 0.0511. The molecule has 0 radical (unpaired) electrons. The van der Waals surface area contributed by atoms with Gasteiger partial charge in [-0.15, -0.1) is 0 Å². The van der Waals surface area contributed by atoms with Crippen LogP contribution in [0.3, 0.4) is 0 Å². The molecule has 1 rings (SSSR count). The summed E-state index contributed by atoms with van der Waals surface area (Å²) in [6.45, 7) is 4.71. The first kappa shape index (κ1) is 12.4. The Balaban J connectivity index is 2.53. The lowest BCUT2D eigenvalue weighted by Gasteiger charge is -2.16. The molecule has 0 fully saturated rings. The van der Waals surface area contributed by atoms with Crippen molar-refractivity contribution >= 4 is 11.5 Å². The summed E-state index contributed by atoms with van der Waals surface area (Å²) in [6.07, 6.45) is 1.44. The predicted molar refractivity (Wildman–Crippen MR) is 62.2 cm³/mol. The van der Waals surface area contributed by atoms with E-state index < -0.39 is 4.92 Å². The van der Waals surface area contributed by atoms with Crippen LogP contribution < -0.4 is 11.1 Å². The Morgan fingerprint density at radius 3 is 2.69 bits per heavy atom. The summed E-state index contributed by atoms with van der Waals surface area (Å²) in [5.74, 6) is 0.234. The third kappa shape index (κ3) is 3.47. The van der Waals surface area contributed by atoms with Crippen molar-refractivity contribution in [1.82, 2.24) is 4.98 Å². The number of aromatic nitrogens is 1. The molecule has 1 aromatic rings. The highest BCUT2D eigenvalue weighted by Crippen LogP contribution is 2.11. The smallest absolute Gasteiger partial charge is 0.363 e. The average Bonchev–Trinajstić information content (AvgIpc) is 2.26. The van der Waals surface area contributed by atoms with Crippen LogP contribution in [-0.2, 0) is 0 Å². The fourth-order valence-corrected chi connectivity index (χ4v) is 1.07. The number of rotatable bonds is 5. The van der Waals surface area contributed by atoms with Gasteiger partial charge < -0.3 is 21.2 Å². The van der Waals surface area contributed by atoms with Crippen molar-refractivity contribution in [3.8, 4) is 0 Å². The lowest BCUT2D eigenvalue weighted by molar-refractivity contribution is -0.389. The molecule has 0 aliphatic rings. The van der Waals surface area contributed by atoms with Crippen LogP contribution in [0.25, 0.3) is 0 Å². The quantitative estimate of drug-likeness (QED) is 0.582. The standard InChI is InChI=1S/C10H16N4O2/c1-7(2)9(11)6-12-8-3-4-10(13-5-8)14(15)16/h3-5,7,9,12H,6,11H2,1-2H3. The molecule has 0 saturated heterocycles. The van der Waals surface area contributed by atoms with E-state index in [9.17, 15) is 10.1 Å². The largest absolute Gasteiger partial charge is 0.380 e. The number of nitrogens with two attached hydrogens (primary N) is 1. The van der Waals surface area contributed by atoms with Crippen LogP contribution in [0.15, 0.2) is 18.3 Å². The van der Waals surface area contributed by atoms with E-state index in [1.54, 1.807) is 6.07 Å². The van der Waals surface area contributed by atoms with Crippen LogP contribution in [0.5, 0.6) is 0 Å². The topological polar surface area (TPSA) is 94.1 Å². The van der Waals surface area contributed by atoms with Gasteiger partial charge in [0.2, 0.25) is 0 Å². The number of hydrogen-bond donors (Lipinski definition) is 2. The van der Waals surface area contributed by atoms with Crippen LogP contribution in [0, 0.1) is 16.0 Å². The molecule has 0 aliphatic carbocycles. The summed E-state index contributed by atoms with van der Waals surface area (Å²) in [5.41, 5.74) is 6.59. The van der Waals surface area contributed by atoms with Crippen LogP contribution >= 0.6 is 0 Å². The summed E-state index contributed by atoms with van der Waals surface area (Å²) < 4.78 is 0. The van der Waals surface area contributed by atoms with Crippen molar-refractivity contribution in [2.45, 2.75) is 19.9 Å². The average molecular weight is 224 g/mol. The summed E-state index contributed by atoms with van der Waals surface area (Å²) in [5, 5.41) is 13.5. The third-order valence-corrected chi connectivity index (χ3v) is 2.33. The van der Waals surface area contributed by atoms with E-state index in [0.717, 1.165) is 5.69 Å². The second-order valence-corrected chi connectivity index (χ2v) is 3.95. The molecule has 0 amide bonds. The summed E-state index contributed by atoms with van der Waals surface area (Å²) >= 11 is 0. The van der Waals surface area contributed by atoms with Gasteiger partial charge in [-0.3, -0.25) is 0 Å². The normalized spacial score (nSPS) is 12.5.